The number of pyridine rings is 1. The number of hydrogen-bond acceptors (Lipinski definition) is 3. The lowest BCUT2D eigenvalue weighted by Gasteiger charge is -2.07. The van der Waals surface area contributed by atoms with Gasteiger partial charge >= 0.3 is 0 Å². The Labute approximate surface area is 147 Å². The van der Waals surface area contributed by atoms with Gasteiger partial charge in [0.15, 0.2) is 0 Å². The van der Waals surface area contributed by atoms with E-state index in [0.717, 1.165) is 20.9 Å². The average molecular weight is 378 g/mol. The number of rotatable bonds is 3. The number of anilines is 1. The number of carbonyl (C=O) groups excluding carboxylic acids is 1. The van der Waals surface area contributed by atoms with E-state index in [9.17, 15) is 10.1 Å². The van der Waals surface area contributed by atoms with Crippen LogP contribution in [-0.2, 0) is 4.79 Å². The lowest BCUT2D eigenvalue weighted by Crippen LogP contribution is -2.13. The first-order valence-corrected chi connectivity index (χ1v) is 7.99. The van der Waals surface area contributed by atoms with Gasteiger partial charge in [-0.1, -0.05) is 34.1 Å². The van der Waals surface area contributed by atoms with Crippen LogP contribution in [0.25, 0.3) is 17.0 Å². The minimum atomic E-state index is -0.447. The molecule has 0 spiro atoms. The van der Waals surface area contributed by atoms with Gasteiger partial charge in [-0.25, -0.2) is 0 Å². The summed E-state index contributed by atoms with van der Waals surface area (Å²) >= 11 is 3.35. The van der Waals surface area contributed by atoms with E-state index in [-0.39, 0.29) is 5.57 Å². The molecule has 0 fully saturated rings. The zero-order valence-electron chi connectivity index (χ0n) is 12.5. The highest BCUT2D eigenvalue weighted by Gasteiger charge is 2.11. The summed E-state index contributed by atoms with van der Waals surface area (Å²) in [5, 5.41) is 12.9. The second-order valence-corrected chi connectivity index (χ2v) is 5.97. The van der Waals surface area contributed by atoms with Crippen LogP contribution in [0.3, 0.4) is 0 Å². The van der Waals surface area contributed by atoms with Crippen LogP contribution in [0.5, 0.6) is 0 Å². The molecule has 3 rings (SSSR count). The average Bonchev–Trinajstić information content (AvgIpc) is 2.61. The van der Waals surface area contributed by atoms with Crippen molar-refractivity contribution in [3.63, 3.8) is 0 Å². The van der Waals surface area contributed by atoms with Crippen LogP contribution >= 0.6 is 15.9 Å². The van der Waals surface area contributed by atoms with Gasteiger partial charge in [-0.15, -0.1) is 0 Å². The first-order valence-electron chi connectivity index (χ1n) is 7.20. The molecule has 0 saturated carbocycles. The van der Waals surface area contributed by atoms with Crippen LogP contribution in [0.15, 0.2) is 70.8 Å². The molecule has 3 aromatic rings. The maximum absolute atomic E-state index is 12.4. The van der Waals surface area contributed by atoms with Gasteiger partial charge in [-0.3, -0.25) is 9.78 Å². The zero-order valence-corrected chi connectivity index (χ0v) is 14.1. The summed E-state index contributed by atoms with van der Waals surface area (Å²) < 4.78 is 0.936. The third kappa shape index (κ3) is 3.50. The van der Waals surface area contributed by atoms with E-state index in [1.807, 2.05) is 48.5 Å². The second kappa shape index (κ2) is 7.07. The summed E-state index contributed by atoms with van der Waals surface area (Å²) in [4.78, 5) is 16.7. The van der Waals surface area contributed by atoms with Crippen molar-refractivity contribution in [3.05, 3.63) is 76.4 Å². The molecule has 0 aliphatic carbocycles. The molecule has 5 heteroatoms. The van der Waals surface area contributed by atoms with Gasteiger partial charge in [-0.05, 0) is 48.0 Å². The predicted molar refractivity (Wildman–Crippen MR) is 98.1 cm³/mol. The SMILES string of the molecule is N#C/C(=C\c1ccc(Br)cc1)C(=O)Nc1cccc2ncccc12. The van der Waals surface area contributed by atoms with Crippen molar-refractivity contribution >= 4 is 44.5 Å². The summed E-state index contributed by atoms with van der Waals surface area (Å²) in [5.74, 6) is -0.447. The van der Waals surface area contributed by atoms with Gasteiger partial charge in [0, 0.05) is 16.1 Å². The number of nitrogens with one attached hydrogen (secondary N) is 1. The number of amides is 1. The smallest absolute Gasteiger partial charge is 0.266 e. The molecule has 1 aromatic heterocycles. The molecule has 1 heterocycles. The van der Waals surface area contributed by atoms with Crippen molar-refractivity contribution < 1.29 is 4.79 Å². The van der Waals surface area contributed by atoms with E-state index in [1.54, 1.807) is 24.4 Å². The highest BCUT2D eigenvalue weighted by atomic mass is 79.9. The quantitative estimate of drug-likeness (QED) is 0.537. The van der Waals surface area contributed by atoms with E-state index in [4.69, 9.17) is 0 Å². The molecule has 0 aliphatic rings. The van der Waals surface area contributed by atoms with E-state index < -0.39 is 5.91 Å². The Bertz CT molecular complexity index is 967. The number of halogens is 1. The summed E-state index contributed by atoms with van der Waals surface area (Å²) in [6.07, 6.45) is 3.26. The van der Waals surface area contributed by atoms with Crippen LogP contribution in [-0.4, -0.2) is 10.9 Å². The molecule has 1 N–H and O–H groups in total. The van der Waals surface area contributed by atoms with Crippen molar-refractivity contribution in [2.24, 2.45) is 0 Å². The van der Waals surface area contributed by atoms with Crippen molar-refractivity contribution in [3.8, 4) is 6.07 Å². The molecule has 24 heavy (non-hydrogen) atoms. The molecule has 0 aliphatic heterocycles. The van der Waals surface area contributed by atoms with Crippen LogP contribution < -0.4 is 5.32 Å². The van der Waals surface area contributed by atoms with E-state index in [1.165, 1.54) is 0 Å². The molecule has 4 nitrogen and oxygen atoms in total. The molecule has 0 unspecified atom stereocenters. The zero-order chi connectivity index (χ0) is 16.9. The van der Waals surface area contributed by atoms with Gasteiger partial charge in [0.2, 0.25) is 0 Å². The van der Waals surface area contributed by atoms with Crippen molar-refractivity contribution in [1.82, 2.24) is 4.98 Å². The molecular formula is C19H12BrN3O. The fraction of sp³-hybridized carbons (Fsp3) is 0. The third-order valence-electron chi connectivity index (χ3n) is 3.44. The number of carbonyl (C=O) groups is 1. The first kappa shape index (κ1) is 15.9. The Kier molecular flexibility index (Phi) is 4.69. The Morgan fingerprint density at radius 1 is 1.12 bits per heavy atom. The molecule has 2 aromatic carbocycles. The predicted octanol–water partition coefficient (Wildman–Crippen LogP) is 4.54. The lowest BCUT2D eigenvalue weighted by molar-refractivity contribution is -0.112. The number of nitriles is 1. The molecule has 0 bridgehead atoms. The van der Waals surface area contributed by atoms with Gasteiger partial charge in [0.1, 0.15) is 11.6 Å². The largest absolute Gasteiger partial charge is 0.321 e. The standard InChI is InChI=1S/C19H12BrN3O/c20-15-8-6-13(7-9-15)11-14(12-21)19(24)23-18-5-1-4-17-16(18)3-2-10-22-17/h1-11H,(H,23,24)/b14-11+. The van der Waals surface area contributed by atoms with Crippen LogP contribution in [0.1, 0.15) is 5.56 Å². The van der Waals surface area contributed by atoms with Crippen LogP contribution in [0.2, 0.25) is 0 Å². The van der Waals surface area contributed by atoms with Gasteiger partial charge in [0.25, 0.3) is 5.91 Å². The number of nitrogens with zero attached hydrogens (tertiary/aromatic N) is 2. The van der Waals surface area contributed by atoms with Gasteiger partial charge < -0.3 is 5.32 Å². The topological polar surface area (TPSA) is 65.8 Å². The Balaban J connectivity index is 1.89. The monoisotopic (exact) mass is 377 g/mol. The maximum atomic E-state index is 12.4. The van der Waals surface area contributed by atoms with Gasteiger partial charge in [0.05, 0.1) is 11.2 Å². The fourth-order valence-electron chi connectivity index (χ4n) is 2.28. The van der Waals surface area contributed by atoms with Gasteiger partial charge in [-0.2, -0.15) is 5.26 Å². The molecule has 0 radical (unpaired) electrons. The minimum absolute atomic E-state index is 0.0400. The van der Waals surface area contributed by atoms with E-state index in [2.05, 4.69) is 26.2 Å². The van der Waals surface area contributed by atoms with E-state index in [0.29, 0.717) is 5.69 Å². The summed E-state index contributed by atoms with van der Waals surface area (Å²) in [6, 6.07) is 18.5. The summed E-state index contributed by atoms with van der Waals surface area (Å²) in [6.45, 7) is 0. The summed E-state index contributed by atoms with van der Waals surface area (Å²) in [7, 11) is 0. The molecule has 116 valence electrons. The minimum Gasteiger partial charge on any atom is -0.321 e. The number of fused-ring (bicyclic) bond motifs is 1. The van der Waals surface area contributed by atoms with Crippen molar-refractivity contribution in [2.45, 2.75) is 0 Å². The molecule has 0 saturated heterocycles. The lowest BCUT2D eigenvalue weighted by atomic mass is 10.1. The highest BCUT2D eigenvalue weighted by Crippen LogP contribution is 2.22. The normalized spacial score (nSPS) is 11.1. The number of hydrogen-bond donors (Lipinski definition) is 1. The Hall–Kier alpha value is -2.97. The number of aromatic nitrogens is 1. The fourth-order valence-corrected chi connectivity index (χ4v) is 2.54. The molecular weight excluding hydrogens is 366 g/mol. The third-order valence-corrected chi connectivity index (χ3v) is 3.97. The molecule has 1 amide bonds. The van der Waals surface area contributed by atoms with Crippen molar-refractivity contribution in [2.75, 3.05) is 5.32 Å². The Morgan fingerprint density at radius 3 is 2.67 bits per heavy atom. The first-order chi connectivity index (χ1) is 11.7. The van der Waals surface area contributed by atoms with Crippen LogP contribution in [0.4, 0.5) is 5.69 Å². The second-order valence-electron chi connectivity index (χ2n) is 5.05. The van der Waals surface area contributed by atoms with E-state index >= 15 is 0 Å². The highest BCUT2D eigenvalue weighted by molar-refractivity contribution is 9.10. The maximum Gasteiger partial charge on any atom is 0.266 e. The molecule has 0 atom stereocenters. The van der Waals surface area contributed by atoms with Crippen LogP contribution in [0, 0.1) is 11.3 Å². The Morgan fingerprint density at radius 2 is 1.92 bits per heavy atom. The van der Waals surface area contributed by atoms with Crippen molar-refractivity contribution in [1.29, 1.82) is 5.26 Å². The summed E-state index contributed by atoms with van der Waals surface area (Å²) in [5.41, 5.74) is 2.23. The number of benzene rings is 2.